The van der Waals surface area contributed by atoms with Crippen molar-refractivity contribution in [3.05, 3.63) is 48.2 Å². The summed E-state index contributed by atoms with van der Waals surface area (Å²) in [5.41, 5.74) is 1.10. The van der Waals surface area contributed by atoms with Crippen LogP contribution in [0.1, 0.15) is 33.3 Å². The number of carbonyl (C=O) groups is 1. The molecule has 2 aromatic rings. The Morgan fingerprint density at radius 1 is 1.15 bits per heavy atom. The Balaban J connectivity index is 1.87. The fraction of sp³-hybridized carbons (Fsp3) is 0.429. The number of fused-ring (bicyclic) bond motifs is 2. The van der Waals surface area contributed by atoms with Crippen molar-refractivity contribution < 1.29 is 14.0 Å². The molecule has 0 saturated heterocycles. The van der Waals surface area contributed by atoms with E-state index in [0.717, 1.165) is 15.4 Å². The molecule has 2 heterocycles. The van der Waals surface area contributed by atoms with Crippen molar-refractivity contribution in [3.8, 4) is 0 Å². The quantitative estimate of drug-likeness (QED) is 0.553. The summed E-state index contributed by atoms with van der Waals surface area (Å²) in [6, 6.07) is 12.7. The van der Waals surface area contributed by atoms with Crippen LogP contribution < -0.4 is 4.90 Å². The molecule has 0 fully saturated rings. The Labute approximate surface area is 165 Å². The number of carbonyl (C=O) groups excluding carboxylic acids is 1. The molecular weight excluding hydrogens is 358 g/mol. The Kier molecular flexibility index (Phi) is 5.77. The lowest BCUT2D eigenvalue weighted by atomic mass is 10.2. The van der Waals surface area contributed by atoms with Gasteiger partial charge >= 0.3 is 6.09 Å². The number of hydrogen-bond acceptors (Lipinski definition) is 4. The minimum atomic E-state index is -0.349. The highest BCUT2D eigenvalue weighted by Crippen LogP contribution is 2.40. The molecule has 5 nitrogen and oxygen atoms in total. The molecule has 0 atom stereocenters. The van der Waals surface area contributed by atoms with Crippen molar-refractivity contribution in [3.63, 3.8) is 0 Å². The van der Waals surface area contributed by atoms with Crippen LogP contribution in [-0.2, 0) is 11.3 Å². The first-order chi connectivity index (χ1) is 12.8. The number of ether oxygens (including phenoxy) is 1. The predicted octanol–water partition coefficient (Wildman–Crippen LogP) is 4.91. The highest BCUT2D eigenvalue weighted by molar-refractivity contribution is 7.99. The van der Waals surface area contributed by atoms with Gasteiger partial charge in [-0.15, -0.1) is 0 Å². The standard InChI is InChI=1S/C21H28N3O2S/c1-15(2)24(5,16(3)4)14-26-21(25)23-13-17-9-6-7-10-18(17)27-19-11-8-12-22-20(19)23/h6-12,15-16H,13-14H2,1-5H3/q+1. The van der Waals surface area contributed by atoms with Crippen molar-refractivity contribution >= 4 is 23.7 Å². The van der Waals surface area contributed by atoms with Gasteiger partial charge in [-0.1, -0.05) is 30.0 Å². The van der Waals surface area contributed by atoms with Crippen LogP contribution in [0.5, 0.6) is 0 Å². The average molecular weight is 387 g/mol. The highest BCUT2D eigenvalue weighted by Gasteiger charge is 2.33. The molecule has 0 spiro atoms. The SMILES string of the molecule is CC(C)[N+](C)(COC(=O)N1Cc2ccccc2Sc2cccnc21)C(C)C. The van der Waals surface area contributed by atoms with Crippen molar-refractivity contribution in [2.45, 2.75) is 56.1 Å². The topological polar surface area (TPSA) is 42.4 Å². The molecule has 0 unspecified atom stereocenters. The minimum absolute atomic E-state index is 0.335. The Hall–Kier alpha value is -2.05. The summed E-state index contributed by atoms with van der Waals surface area (Å²) in [6.07, 6.45) is 1.37. The fourth-order valence-electron chi connectivity index (χ4n) is 3.08. The summed E-state index contributed by atoms with van der Waals surface area (Å²) in [4.78, 5) is 21.3. The number of pyridine rings is 1. The summed E-state index contributed by atoms with van der Waals surface area (Å²) < 4.78 is 6.47. The zero-order valence-electron chi connectivity index (χ0n) is 16.7. The lowest BCUT2D eigenvalue weighted by Crippen LogP contribution is -2.56. The third kappa shape index (κ3) is 3.96. The van der Waals surface area contributed by atoms with E-state index in [4.69, 9.17) is 4.74 Å². The first kappa shape index (κ1) is 19.7. The van der Waals surface area contributed by atoms with Gasteiger partial charge in [0.05, 0.1) is 30.6 Å². The van der Waals surface area contributed by atoms with Crippen LogP contribution in [0.2, 0.25) is 0 Å². The second-order valence-electron chi connectivity index (χ2n) is 7.69. The van der Waals surface area contributed by atoms with Crippen LogP contribution in [0.3, 0.4) is 0 Å². The third-order valence-electron chi connectivity index (χ3n) is 5.57. The summed E-state index contributed by atoms with van der Waals surface area (Å²) in [5.74, 6) is 0.659. The first-order valence-corrected chi connectivity index (χ1v) is 10.1. The number of nitrogens with zero attached hydrogens (tertiary/aromatic N) is 3. The van der Waals surface area contributed by atoms with Crippen LogP contribution >= 0.6 is 11.8 Å². The molecule has 1 aliphatic rings. The second-order valence-corrected chi connectivity index (χ2v) is 8.78. The Morgan fingerprint density at radius 3 is 2.52 bits per heavy atom. The fourth-order valence-corrected chi connectivity index (χ4v) is 4.13. The maximum Gasteiger partial charge on any atom is 0.420 e. The molecule has 0 radical (unpaired) electrons. The molecule has 0 aliphatic carbocycles. The summed E-state index contributed by atoms with van der Waals surface area (Å²) in [7, 11) is 2.13. The molecule has 0 N–H and O–H groups in total. The number of rotatable bonds is 4. The summed E-state index contributed by atoms with van der Waals surface area (Å²) >= 11 is 1.64. The number of hydrogen-bond donors (Lipinski definition) is 0. The molecule has 0 saturated carbocycles. The highest BCUT2D eigenvalue weighted by atomic mass is 32.2. The Bertz CT molecular complexity index is 815. The van der Waals surface area contributed by atoms with Gasteiger partial charge in [0.2, 0.25) is 6.73 Å². The summed E-state index contributed by atoms with van der Waals surface area (Å²) in [5, 5.41) is 0. The number of aromatic nitrogens is 1. The van der Waals surface area contributed by atoms with Gasteiger partial charge in [0.25, 0.3) is 0 Å². The van der Waals surface area contributed by atoms with Gasteiger partial charge < -0.3 is 4.74 Å². The monoisotopic (exact) mass is 386 g/mol. The van der Waals surface area contributed by atoms with Crippen molar-refractivity contribution in [2.75, 3.05) is 18.7 Å². The molecule has 27 heavy (non-hydrogen) atoms. The first-order valence-electron chi connectivity index (χ1n) is 9.33. The van der Waals surface area contributed by atoms with Crippen molar-refractivity contribution in [2.24, 2.45) is 0 Å². The average Bonchev–Trinajstić information content (AvgIpc) is 2.82. The van der Waals surface area contributed by atoms with E-state index < -0.39 is 0 Å². The van der Waals surface area contributed by atoms with Crippen LogP contribution in [0, 0.1) is 0 Å². The van der Waals surface area contributed by atoms with E-state index in [9.17, 15) is 4.79 Å². The number of amides is 1. The zero-order valence-corrected chi connectivity index (χ0v) is 17.5. The van der Waals surface area contributed by atoms with E-state index >= 15 is 0 Å². The maximum atomic E-state index is 13.1. The largest absolute Gasteiger partial charge is 0.420 e. The van der Waals surface area contributed by atoms with Gasteiger partial charge in [-0.3, -0.25) is 9.38 Å². The van der Waals surface area contributed by atoms with Crippen molar-refractivity contribution in [1.82, 2.24) is 4.98 Å². The van der Waals surface area contributed by atoms with Crippen LogP contribution in [0.4, 0.5) is 10.6 Å². The molecule has 6 heteroatoms. The molecule has 144 valence electrons. The van der Waals surface area contributed by atoms with Gasteiger partial charge in [0.1, 0.15) is 0 Å². The maximum absolute atomic E-state index is 13.1. The molecule has 1 amide bonds. The lowest BCUT2D eigenvalue weighted by Gasteiger charge is -2.41. The van der Waals surface area contributed by atoms with Crippen LogP contribution in [0.25, 0.3) is 0 Å². The van der Waals surface area contributed by atoms with Gasteiger partial charge in [0.15, 0.2) is 5.82 Å². The molecule has 1 aromatic carbocycles. The van der Waals surface area contributed by atoms with Crippen LogP contribution in [0.15, 0.2) is 52.4 Å². The van der Waals surface area contributed by atoms with E-state index in [0.29, 0.717) is 35.7 Å². The van der Waals surface area contributed by atoms with Gasteiger partial charge in [0, 0.05) is 11.1 Å². The van der Waals surface area contributed by atoms with E-state index in [1.165, 1.54) is 0 Å². The predicted molar refractivity (Wildman–Crippen MR) is 109 cm³/mol. The van der Waals surface area contributed by atoms with E-state index in [1.54, 1.807) is 22.9 Å². The number of benzene rings is 1. The molecule has 0 bridgehead atoms. The van der Waals surface area contributed by atoms with Gasteiger partial charge in [-0.25, -0.2) is 9.78 Å². The van der Waals surface area contributed by atoms with E-state index in [2.05, 4.69) is 51.9 Å². The second kappa shape index (κ2) is 7.90. The lowest BCUT2D eigenvalue weighted by molar-refractivity contribution is -0.963. The molecule has 1 aromatic heterocycles. The Morgan fingerprint density at radius 2 is 1.81 bits per heavy atom. The third-order valence-corrected chi connectivity index (χ3v) is 6.73. The normalized spacial score (nSPS) is 14.0. The molecule has 3 rings (SSSR count). The van der Waals surface area contributed by atoms with E-state index in [1.807, 2.05) is 24.3 Å². The zero-order chi connectivity index (χ0) is 19.6. The number of anilines is 1. The molecular formula is C21H28N3O2S+. The minimum Gasteiger partial charge on any atom is -0.398 e. The molecule has 1 aliphatic heterocycles. The van der Waals surface area contributed by atoms with Crippen LogP contribution in [-0.4, -0.2) is 41.4 Å². The summed E-state index contributed by atoms with van der Waals surface area (Å²) in [6.45, 7) is 9.42. The van der Waals surface area contributed by atoms with E-state index in [-0.39, 0.29) is 6.09 Å². The van der Waals surface area contributed by atoms with Gasteiger partial charge in [-0.05, 0) is 51.5 Å². The van der Waals surface area contributed by atoms with Gasteiger partial charge in [-0.2, -0.15) is 0 Å². The van der Waals surface area contributed by atoms with Crippen molar-refractivity contribution in [1.29, 1.82) is 0 Å². The number of quaternary nitrogens is 1. The smallest absolute Gasteiger partial charge is 0.398 e.